The molecule has 1 aliphatic carbocycles. The van der Waals surface area contributed by atoms with E-state index in [4.69, 9.17) is 5.11 Å². The van der Waals surface area contributed by atoms with Gasteiger partial charge in [0.05, 0.1) is 3.79 Å². The summed E-state index contributed by atoms with van der Waals surface area (Å²) in [5.41, 5.74) is 0.533. The summed E-state index contributed by atoms with van der Waals surface area (Å²) >= 11 is 4.24. The lowest BCUT2D eigenvalue weighted by molar-refractivity contribution is -0.0868. The van der Waals surface area contributed by atoms with Crippen molar-refractivity contribution in [3.63, 3.8) is 0 Å². The molecule has 0 atom stereocenters. The molecule has 2 nitrogen and oxygen atoms in total. The van der Waals surface area contributed by atoms with Gasteiger partial charge in [0.1, 0.15) is 4.88 Å². The fourth-order valence-electron chi connectivity index (χ4n) is 1.73. The highest BCUT2D eigenvalue weighted by atomic mass is 79.9. The molecule has 1 saturated carbocycles. The van der Waals surface area contributed by atoms with Crippen LogP contribution < -0.4 is 0 Å². The quantitative estimate of drug-likeness (QED) is 0.903. The van der Waals surface area contributed by atoms with E-state index in [1.54, 1.807) is 6.07 Å². The van der Waals surface area contributed by atoms with Gasteiger partial charge in [0, 0.05) is 12.8 Å². The fourth-order valence-corrected chi connectivity index (χ4v) is 3.27. The second-order valence-electron chi connectivity index (χ2n) is 3.60. The van der Waals surface area contributed by atoms with Crippen molar-refractivity contribution in [2.45, 2.75) is 24.7 Å². The van der Waals surface area contributed by atoms with Crippen LogP contribution in [-0.4, -0.2) is 17.0 Å². The van der Waals surface area contributed by atoms with Crippen molar-refractivity contribution >= 4 is 33.2 Å². The first-order valence-electron chi connectivity index (χ1n) is 4.29. The van der Waals surface area contributed by atoms with Crippen molar-refractivity contribution in [1.82, 2.24) is 0 Å². The molecular formula is C9H7BrF2O2S. The van der Waals surface area contributed by atoms with E-state index in [0.29, 0.717) is 9.35 Å². The highest BCUT2D eigenvalue weighted by Crippen LogP contribution is 2.50. The molecule has 1 aromatic rings. The molecule has 1 heterocycles. The van der Waals surface area contributed by atoms with Gasteiger partial charge in [-0.3, -0.25) is 0 Å². The average Bonchev–Trinajstić information content (AvgIpc) is 2.42. The molecule has 0 bridgehead atoms. The molecule has 0 amide bonds. The van der Waals surface area contributed by atoms with Gasteiger partial charge >= 0.3 is 5.97 Å². The SMILES string of the molecule is O=C(O)c1sc(Br)cc1C1CC(F)(F)C1. The third-order valence-electron chi connectivity index (χ3n) is 2.45. The Morgan fingerprint density at radius 3 is 2.67 bits per heavy atom. The Morgan fingerprint density at radius 1 is 1.60 bits per heavy atom. The van der Waals surface area contributed by atoms with Gasteiger partial charge in [0.2, 0.25) is 5.92 Å². The van der Waals surface area contributed by atoms with Crippen molar-refractivity contribution in [3.8, 4) is 0 Å². The maximum atomic E-state index is 12.7. The van der Waals surface area contributed by atoms with Gasteiger partial charge in [-0.2, -0.15) is 0 Å². The standard InChI is InChI=1S/C9H7BrF2O2S/c10-6-1-5(7(15-6)8(13)14)4-2-9(11,12)3-4/h1,4H,2-3H2,(H,13,14). The average molecular weight is 297 g/mol. The molecule has 0 unspecified atom stereocenters. The summed E-state index contributed by atoms with van der Waals surface area (Å²) in [6.45, 7) is 0. The van der Waals surface area contributed by atoms with E-state index in [-0.39, 0.29) is 23.6 Å². The van der Waals surface area contributed by atoms with Crippen molar-refractivity contribution in [3.05, 3.63) is 20.3 Å². The summed E-state index contributed by atoms with van der Waals surface area (Å²) in [7, 11) is 0. The lowest BCUT2D eigenvalue weighted by Gasteiger charge is -2.34. The zero-order valence-electron chi connectivity index (χ0n) is 7.47. The zero-order valence-corrected chi connectivity index (χ0v) is 9.87. The number of hydrogen-bond donors (Lipinski definition) is 1. The highest BCUT2D eigenvalue weighted by molar-refractivity contribution is 9.11. The number of aromatic carboxylic acids is 1. The number of rotatable bonds is 2. The summed E-state index contributed by atoms with van der Waals surface area (Å²) in [5.74, 6) is -3.97. The summed E-state index contributed by atoms with van der Waals surface area (Å²) in [6, 6.07) is 1.63. The normalized spacial score (nSPS) is 19.9. The molecule has 0 spiro atoms. The molecule has 1 fully saturated rings. The second-order valence-corrected chi connectivity index (χ2v) is 6.03. The summed E-state index contributed by atoms with van der Waals surface area (Å²) < 4.78 is 26.0. The Hall–Kier alpha value is -0.490. The maximum absolute atomic E-state index is 12.7. The molecule has 6 heteroatoms. The van der Waals surface area contributed by atoms with Gasteiger partial charge < -0.3 is 5.11 Å². The minimum atomic E-state index is -2.62. The van der Waals surface area contributed by atoms with Gasteiger partial charge in [-0.05, 0) is 33.5 Å². The first-order chi connectivity index (χ1) is 6.89. The van der Waals surface area contributed by atoms with Crippen LogP contribution in [0, 0.1) is 0 Å². The molecule has 15 heavy (non-hydrogen) atoms. The second kappa shape index (κ2) is 3.52. The van der Waals surface area contributed by atoms with Crippen molar-refractivity contribution in [2.75, 3.05) is 0 Å². The summed E-state index contributed by atoms with van der Waals surface area (Å²) in [4.78, 5) is 11.0. The molecule has 0 aliphatic heterocycles. The highest BCUT2D eigenvalue weighted by Gasteiger charge is 2.47. The van der Waals surface area contributed by atoms with Gasteiger partial charge in [0.15, 0.2) is 0 Å². The zero-order chi connectivity index (χ0) is 11.2. The number of carboxylic acids is 1. The van der Waals surface area contributed by atoms with Crippen LogP contribution in [0.5, 0.6) is 0 Å². The summed E-state index contributed by atoms with van der Waals surface area (Å²) in [6.07, 6.45) is -0.479. The van der Waals surface area contributed by atoms with Gasteiger partial charge in [-0.1, -0.05) is 0 Å². The number of carboxylic acid groups (broad SMARTS) is 1. The first kappa shape index (κ1) is 11.0. The number of alkyl halides is 2. The van der Waals surface area contributed by atoms with Crippen LogP contribution in [0.25, 0.3) is 0 Å². The molecule has 0 aromatic carbocycles. The van der Waals surface area contributed by atoms with Crippen molar-refractivity contribution in [1.29, 1.82) is 0 Å². The molecule has 1 N–H and O–H groups in total. The van der Waals surface area contributed by atoms with E-state index >= 15 is 0 Å². The monoisotopic (exact) mass is 296 g/mol. The van der Waals surface area contributed by atoms with E-state index in [0.717, 1.165) is 11.3 Å². The van der Waals surface area contributed by atoms with Crippen LogP contribution in [0.2, 0.25) is 0 Å². The molecule has 1 aromatic heterocycles. The molecule has 1 aliphatic rings. The van der Waals surface area contributed by atoms with Crippen molar-refractivity contribution < 1.29 is 18.7 Å². The Morgan fingerprint density at radius 2 is 2.20 bits per heavy atom. The van der Waals surface area contributed by atoms with Crippen LogP contribution in [0.15, 0.2) is 9.85 Å². The Bertz CT molecular complexity index is 408. The summed E-state index contributed by atoms with van der Waals surface area (Å²) in [5, 5.41) is 8.88. The van der Waals surface area contributed by atoms with Gasteiger partial charge in [0.25, 0.3) is 0 Å². The van der Waals surface area contributed by atoms with Gasteiger partial charge in [-0.15, -0.1) is 11.3 Å². The maximum Gasteiger partial charge on any atom is 0.346 e. The van der Waals surface area contributed by atoms with E-state index in [9.17, 15) is 13.6 Å². The Kier molecular flexibility index (Phi) is 2.58. The largest absolute Gasteiger partial charge is 0.477 e. The smallest absolute Gasteiger partial charge is 0.346 e. The molecule has 0 radical (unpaired) electrons. The fraction of sp³-hybridized carbons (Fsp3) is 0.444. The van der Waals surface area contributed by atoms with E-state index < -0.39 is 11.9 Å². The van der Waals surface area contributed by atoms with Crippen LogP contribution in [0.1, 0.15) is 34.0 Å². The van der Waals surface area contributed by atoms with Gasteiger partial charge in [-0.25, -0.2) is 13.6 Å². The number of halogens is 3. The number of carbonyl (C=O) groups is 1. The molecule has 2 rings (SSSR count). The lowest BCUT2D eigenvalue weighted by atomic mass is 9.77. The Labute approximate surface area is 97.0 Å². The first-order valence-corrected chi connectivity index (χ1v) is 5.90. The number of hydrogen-bond acceptors (Lipinski definition) is 2. The third-order valence-corrected chi connectivity index (χ3v) is 4.10. The van der Waals surface area contributed by atoms with Crippen LogP contribution in [0.3, 0.4) is 0 Å². The number of thiophene rings is 1. The predicted molar refractivity (Wildman–Crippen MR) is 55.9 cm³/mol. The third kappa shape index (κ3) is 2.06. The van der Waals surface area contributed by atoms with E-state index in [1.165, 1.54) is 0 Å². The topological polar surface area (TPSA) is 37.3 Å². The van der Waals surface area contributed by atoms with Crippen LogP contribution in [0.4, 0.5) is 8.78 Å². The molecular weight excluding hydrogens is 290 g/mol. The molecule has 0 saturated heterocycles. The lowest BCUT2D eigenvalue weighted by Crippen LogP contribution is -2.34. The Balaban J connectivity index is 2.26. The van der Waals surface area contributed by atoms with E-state index in [1.807, 2.05) is 0 Å². The molecule has 82 valence electrons. The minimum absolute atomic E-state index is 0.169. The van der Waals surface area contributed by atoms with E-state index in [2.05, 4.69) is 15.9 Å². The van der Waals surface area contributed by atoms with Crippen LogP contribution in [-0.2, 0) is 0 Å². The minimum Gasteiger partial charge on any atom is -0.477 e. The van der Waals surface area contributed by atoms with Crippen LogP contribution >= 0.6 is 27.3 Å². The predicted octanol–water partition coefficient (Wildman–Crippen LogP) is 3.72. The van der Waals surface area contributed by atoms with Crippen molar-refractivity contribution in [2.24, 2.45) is 0 Å².